The maximum absolute atomic E-state index is 12.7. The summed E-state index contributed by atoms with van der Waals surface area (Å²) < 4.78 is 6.41. The van der Waals surface area contributed by atoms with E-state index >= 15 is 0 Å². The highest BCUT2D eigenvalue weighted by Crippen LogP contribution is 2.34. The minimum atomic E-state index is -0.895. The average Bonchev–Trinajstić information content (AvgIpc) is 3.09. The summed E-state index contributed by atoms with van der Waals surface area (Å²) in [5.41, 5.74) is 7.41. The molecule has 1 atom stereocenters. The SMILES string of the molecule is Cc1c2c(n(C)c1COC(N)=O)C(=O)C=C(N1CC1C)C2=O. The fraction of sp³-hybridized carbons (Fsp3) is 0.400. The standard InChI is InChI=1S/C15H17N3O4/c1-7-5-18(7)9-4-11(19)13-12(14(9)20)8(2)10(17(13)3)6-22-15(16)21/h4,7H,5-6H2,1-3H3,(H2,16,21). The highest BCUT2D eigenvalue weighted by molar-refractivity contribution is 6.24. The number of ketones is 2. The molecule has 1 aromatic rings. The summed E-state index contributed by atoms with van der Waals surface area (Å²) in [5.74, 6) is -0.364. The molecule has 2 heterocycles. The summed E-state index contributed by atoms with van der Waals surface area (Å²) >= 11 is 0. The number of primary amides is 1. The first-order valence-electron chi connectivity index (χ1n) is 7.00. The predicted molar refractivity (Wildman–Crippen MR) is 77.4 cm³/mol. The van der Waals surface area contributed by atoms with Crippen LogP contribution >= 0.6 is 0 Å². The van der Waals surface area contributed by atoms with Gasteiger partial charge in [-0.15, -0.1) is 0 Å². The first-order chi connectivity index (χ1) is 10.3. The fourth-order valence-electron chi connectivity index (χ4n) is 2.96. The Morgan fingerprint density at radius 3 is 2.64 bits per heavy atom. The first kappa shape index (κ1) is 14.4. The van der Waals surface area contributed by atoms with Crippen molar-refractivity contribution in [2.75, 3.05) is 6.54 Å². The normalized spacial score (nSPS) is 19.9. The third-order valence-corrected chi connectivity index (χ3v) is 4.27. The summed E-state index contributed by atoms with van der Waals surface area (Å²) in [5, 5.41) is 0. The van der Waals surface area contributed by atoms with E-state index in [9.17, 15) is 14.4 Å². The average molecular weight is 303 g/mol. The van der Waals surface area contributed by atoms with Gasteiger partial charge in [0, 0.05) is 25.7 Å². The van der Waals surface area contributed by atoms with Crippen LogP contribution in [0.4, 0.5) is 4.79 Å². The van der Waals surface area contributed by atoms with E-state index in [1.54, 1.807) is 18.5 Å². The number of nitrogens with two attached hydrogens (primary N) is 1. The van der Waals surface area contributed by atoms with E-state index in [2.05, 4.69) is 0 Å². The van der Waals surface area contributed by atoms with Crippen molar-refractivity contribution in [3.05, 3.63) is 34.3 Å². The van der Waals surface area contributed by atoms with Crippen LogP contribution in [0.15, 0.2) is 11.8 Å². The molecule has 1 aliphatic carbocycles. The van der Waals surface area contributed by atoms with E-state index < -0.39 is 6.09 Å². The van der Waals surface area contributed by atoms with Gasteiger partial charge < -0.3 is 19.9 Å². The van der Waals surface area contributed by atoms with Gasteiger partial charge in [0.1, 0.15) is 12.3 Å². The zero-order chi connectivity index (χ0) is 16.2. The molecule has 0 spiro atoms. The van der Waals surface area contributed by atoms with Gasteiger partial charge in [0.2, 0.25) is 11.6 Å². The van der Waals surface area contributed by atoms with E-state index in [4.69, 9.17) is 10.5 Å². The monoisotopic (exact) mass is 303 g/mol. The van der Waals surface area contributed by atoms with E-state index in [1.807, 2.05) is 11.8 Å². The van der Waals surface area contributed by atoms with Crippen LogP contribution in [0.25, 0.3) is 0 Å². The van der Waals surface area contributed by atoms with Crippen LogP contribution in [-0.2, 0) is 18.4 Å². The Hall–Kier alpha value is -2.57. The lowest BCUT2D eigenvalue weighted by atomic mass is 9.95. The van der Waals surface area contributed by atoms with Crippen LogP contribution in [0.5, 0.6) is 0 Å². The maximum Gasteiger partial charge on any atom is 0.404 e. The first-order valence-corrected chi connectivity index (χ1v) is 7.00. The second-order valence-electron chi connectivity index (χ2n) is 5.69. The number of rotatable bonds is 3. The number of allylic oxidation sites excluding steroid dienone is 2. The van der Waals surface area contributed by atoms with Crippen molar-refractivity contribution in [2.24, 2.45) is 12.8 Å². The second kappa shape index (κ2) is 4.72. The molecule has 1 aliphatic heterocycles. The van der Waals surface area contributed by atoms with Gasteiger partial charge in [-0.1, -0.05) is 0 Å². The van der Waals surface area contributed by atoms with Gasteiger partial charge in [-0.05, 0) is 19.4 Å². The lowest BCUT2D eigenvalue weighted by Gasteiger charge is -2.15. The lowest BCUT2D eigenvalue weighted by molar-refractivity contribution is 0.0964. The van der Waals surface area contributed by atoms with Crippen molar-refractivity contribution in [3.8, 4) is 0 Å². The molecule has 1 fully saturated rings. The zero-order valence-electron chi connectivity index (χ0n) is 12.7. The molecule has 1 unspecified atom stereocenters. The third-order valence-electron chi connectivity index (χ3n) is 4.27. The Bertz CT molecular complexity index is 744. The molecule has 1 amide bonds. The molecule has 0 aromatic carbocycles. The Labute approximate surface area is 127 Å². The Balaban J connectivity index is 2.04. The molecule has 0 radical (unpaired) electrons. The number of carbonyl (C=O) groups excluding carboxylic acids is 3. The molecular weight excluding hydrogens is 286 g/mol. The fourth-order valence-corrected chi connectivity index (χ4v) is 2.96. The highest BCUT2D eigenvalue weighted by Gasteiger charge is 2.41. The van der Waals surface area contributed by atoms with Crippen molar-refractivity contribution < 1.29 is 19.1 Å². The number of hydrogen-bond acceptors (Lipinski definition) is 5. The number of fused-ring (bicyclic) bond motifs is 1. The second-order valence-corrected chi connectivity index (χ2v) is 5.69. The van der Waals surface area contributed by atoms with Crippen LogP contribution in [0, 0.1) is 6.92 Å². The number of carbonyl (C=O) groups is 3. The van der Waals surface area contributed by atoms with E-state index in [0.717, 1.165) is 6.54 Å². The number of aromatic nitrogens is 1. The van der Waals surface area contributed by atoms with E-state index in [1.165, 1.54) is 6.08 Å². The Morgan fingerprint density at radius 2 is 2.09 bits per heavy atom. The highest BCUT2D eigenvalue weighted by atomic mass is 16.5. The van der Waals surface area contributed by atoms with Crippen molar-refractivity contribution >= 4 is 17.7 Å². The summed E-state index contributed by atoms with van der Waals surface area (Å²) in [6.45, 7) is 4.46. The Kier molecular flexibility index (Phi) is 3.09. The van der Waals surface area contributed by atoms with Crippen LogP contribution < -0.4 is 5.73 Å². The van der Waals surface area contributed by atoms with Crippen LogP contribution in [0.1, 0.15) is 39.0 Å². The van der Waals surface area contributed by atoms with E-state index in [0.29, 0.717) is 28.2 Å². The van der Waals surface area contributed by atoms with Gasteiger partial charge in [-0.2, -0.15) is 0 Å². The topological polar surface area (TPSA) is 94.4 Å². The molecule has 0 saturated carbocycles. The lowest BCUT2D eigenvalue weighted by Crippen LogP contribution is -2.23. The largest absolute Gasteiger partial charge is 0.443 e. The van der Waals surface area contributed by atoms with E-state index in [-0.39, 0.29) is 24.2 Å². The van der Waals surface area contributed by atoms with Crippen LogP contribution in [-0.4, -0.2) is 39.7 Å². The van der Waals surface area contributed by atoms with Gasteiger partial charge in [-0.25, -0.2) is 4.79 Å². The van der Waals surface area contributed by atoms with Crippen LogP contribution in [0.2, 0.25) is 0 Å². The van der Waals surface area contributed by atoms with Crippen LogP contribution in [0.3, 0.4) is 0 Å². The van der Waals surface area contributed by atoms with Gasteiger partial charge in [0.15, 0.2) is 0 Å². The molecule has 0 bridgehead atoms. The molecule has 22 heavy (non-hydrogen) atoms. The molecule has 3 rings (SSSR count). The molecule has 1 aromatic heterocycles. The number of hydrogen-bond donors (Lipinski definition) is 1. The summed E-state index contributed by atoms with van der Waals surface area (Å²) in [4.78, 5) is 37.8. The predicted octanol–water partition coefficient (Wildman–Crippen LogP) is 0.896. The molecule has 7 heteroatoms. The summed E-state index contributed by atoms with van der Waals surface area (Å²) in [6, 6.07) is 0.284. The minimum Gasteiger partial charge on any atom is -0.443 e. The smallest absolute Gasteiger partial charge is 0.404 e. The minimum absolute atomic E-state index is 0.0688. The molecule has 2 aliphatic rings. The van der Waals surface area contributed by atoms with Gasteiger partial charge in [0.05, 0.1) is 17.0 Å². The van der Waals surface area contributed by atoms with Crippen molar-refractivity contribution in [1.82, 2.24) is 9.47 Å². The third kappa shape index (κ3) is 2.01. The van der Waals surface area contributed by atoms with Gasteiger partial charge in [0.25, 0.3) is 0 Å². The number of Topliss-reactive ketones (excluding diaryl/α,β-unsaturated/α-hetero) is 1. The number of nitrogens with zero attached hydrogens (tertiary/aromatic N) is 2. The van der Waals surface area contributed by atoms with Gasteiger partial charge >= 0.3 is 6.09 Å². The molecule has 1 saturated heterocycles. The van der Waals surface area contributed by atoms with Gasteiger partial charge in [-0.3, -0.25) is 9.59 Å². The number of ether oxygens (including phenoxy) is 1. The zero-order valence-corrected chi connectivity index (χ0v) is 12.7. The molecule has 7 nitrogen and oxygen atoms in total. The summed E-state index contributed by atoms with van der Waals surface area (Å²) in [7, 11) is 1.68. The number of amides is 1. The summed E-state index contributed by atoms with van der Waals surface area (Å²) in [6.07, 6.45) is 0.500. The quantitative estimate of drug-likeness (QED) is 0.837. The Morgan fingerprint density at radius 1 is 1.45 bits per heavy atom. The molecule has 116 valence electrons. The maximum atomic E-state index is 12.7. The van der Waals surface area contributed by atoms with Crippen molar-refractivity contribution in [1.29, 1.82) is 0 Å². The molecular formula is C15H17N3O4. The molecule has 2 N–H and O–H groups in total. The van der Waals surface area contributed by atoms with Crippen molar-refractivity contribution in [3.63, 3.8) is 0 Å². The van der Waals surface area contributed by atoms with Crippen molar-refractivity contribution in [2.45, 2.75) is 26.5 Å².